The second kappa shape index (κ2) is 10.7. The molecule has 0 fully saturated rings. The number of esters is 1. The molecule has 174 valence electrons. The molecule has 2 aromatic heterocycles. The summed E-state index contributed by atoms with van der Waals surface area (Å²) >= 11 is 2.60. The van der Waals surface area contributed by atoms with E-state index in [-0.39, 0.29) is 11.7 Å². The molecule has 0 aliphatic rings. The minimum atomic E-state index is -0.487. The van der Waals surface area contributed by atoms with Gasteiger partial charge in [0.05, 0.1) is 12.9 Å². The number of hydrogen-bond donors (Lipinski definition) is 1. The summed E-state index contributed by atoms with van der Waals surface area (Å²) < 4.78 is 6.88. The van der Waals surface area contributed by atoms with Crippen LogP contribution in [0.4, 0.5) is 5.00 Å². The van der Waals surface area contributed by atoms with Crippen molar-refractivity contribution >= 4 is 40.0 Å². The first-order valence-corrected chi connectivity index (χ1v) is 12.4. The highest BCUT2D eigenvalue weighted by Crippen LogP contribution is 2.36. The van der Waals surface area contributed by atoms with Gasteiger partial charge in [-0.15, -0.1) is 21.5 Å². The quantitative estimate of drug-likeness (QED) is 0.276. The van der Waals surface area contributed by atoms with Crippen LogP contribution in [0.1, 0.15) is 27.3 Å². The van der Waals surface area contributed by atoms with Crippen molar-refractivity contribution in [1.29, 1.82) is 0 Å². The molecule has 1 N–H and O–H groups in total. The number of ether oxygens (including phenoxy) is 1. The van der Waals surface area contributed by atoms with Crippen LogP contribution in [0.25, 0.3) is 11.1 Å². The number of thiophene rings is 1. The highest BCUT2D eigenvalue weighted by Gasteiger charge is 2.22. The lowest BCUT2D eigenvalue weighted by Crippen LogP contribution is -2.16. The smallest absolute Gasteiger partial charge is 0.341 e. The summed E-state index contributed by atoms with van der Waals surface area (Å²) in [4.78, 5) is 25.2. The second-order valence-corrected chi connectivity index (χ2v) is 9.49. The third-order valence-corrected chi connectivity index (χ3v) is 7.17. The van der Waals surface area contributed by atoms with Gasteiger partial charge in [-0.2, -0.15) is 0 Å². The Bertz CT molecular complexity index is 1300. The van der Waals surface area contributed by atoms with E-state index >= 15 is 0 Å². The highest BCUT2D eigenvalue weighted by atomic mass is 32.2. The SMILES string of the molecule is COC(=O)c1c(-c2ccc(C)cc2)csc1NC(=O)CSc1nnc(Cc2ccccc2)n1C. The third-order valence-electron chi connectivity index (χ3n) is 5.26. The maximum Gasteiger partial charge on any atom is 0.341 e. The lowest BCUT2D eigenvalue weighted by Gasteiger charge is -2.08. The van der Waals surface area contributed by atoms with Gasteiger partial charge in [0.25, 0.3) is 0 Å². The number of hydrogen-bond acceptors (Lipinski definition) is 7. The van der Waals surface area contributed by atoms with Gasteiger partial charge in [-0.25, -0.2) is 4.79 Å². The van der Waals surface area contributed by atoms with Crippen LogP contribution in [0.15, 0.2) is 65.1 Å². The number of benzene rings is 2. The van der Waals surface area contributed by atoms with E-state index in [1.807, 2.05) is 78.5 Å². The number of carbonyl (C=O) groups is 2. The van der Waals surface area contributed by atoms with Gasteiger partial charge in [-0.1, -0.05) is 71.9 Å². The van der Waals surface area contributed by atoms with Crippen LogP contribution in [0, 0.1) is 6.92 Å². The van der Waals surface area contributed by atoms with Crippen LogP contribution in [0.3, 0.4) is 0 Å². The summed E-state index contributed by atoms with van der Waals surface area (Å²) in [5, 5.41) is 14.3. The Morgan fingerprint density at radius 3 is 2.53 bits per heavy atom. The van der Waals surface area contributed by atoms with Crippen molar-refractivity contribution in [1.82, 2.24) is 14.8 Å². The summed E-state index contributed by atoms with van der Waals surface area (Å²) in [7, 11) is 3.22. The van der Waals surface area contributed by atoms with Gasteiger partial charge >= 0.3 is 5.97 Å². The van der Waals surface area contributed by atoms with Crippen LogP contribution in [-0.4, -0.2) is 39.5 Å². The summed E-state index contributed by atoms with van der Waals surface area (Å²) in [6.45, 7) is 2.00. The predicted octanol–water partition coefficient (Wildman–Crippen LogP) is 4.96. The largest absolute Gasteiger partial charge is 0.465 e. The molecule has 4 rings (SSSR count). The fourth-order valence-electron chi connectivity index (χ4n) is 3.40. The number of aryl methyl sites for hydroxylation is 1. The zero-order valence-electron chi connectivity index (χ0n) is 19.1. The molecular weight excluding hydrogens is 468 g/mol. The van der Waals surface area contributed by atoms with E-state index < -0.39 is 5.97 Å². The molecule has 0 radical (unpaired) electrons. The number of nitrogens with one attached hydrogen (secondary N) is 1. The van der Waals surface area contributed by atoms with Gasteiger partial charge in [0.15, 0.2) is 5.16 Å². The molecule has 0 saturated heterocycles. The summed E-state index contributed by atoms with van der Waals surface area (Å²) in [6.07, 6.45) is 0.663. The molecule has 0 saturated carbocycles. The number of nitrogens with zero attached hydrogens (tertiary/aromatic N) is 3. The molecule has 0 aliphatic carbocycles. The molecule has 1 amide bonds. The Labute approximate surface area is 206 Å². The fourth-order valence-corrected chi connectivity index (χ4v) is 5.10. The van der Waals surface area contributed by atoms with Crippen molar-refractivity contribution in [3.8, 4) is 11.1 Å². The van der Waals surface area contributed by atoms with Gasteiger partial charge in [-0.05, 0) is 18.1 Å². The number of methoxy groups -OCH3 is 1. The normalized spacial score (nSPS) is 10.8. The van der Waals surface area contributed by atoms with Gasteiger partial charge in [0, 0.05) is 24.4 Å². The summed E-state index contributed by atoms with van der Waals surface area (Å²) in [5.74, 6) is 0.233. The lowest BCUT2D eigenvalue weighted by atomic mass is 10.0. The molecule has 0 spiro atoms. The van der Waals surface area contributed by atoms with Gasteiger partial charge in [0.1, 0.15) is 16.4 Å². The van der Waals surface area contributed by atoms with E-state index in [0.717, 1.165) is 28.1 Å². The highest BCUT2D eigenvalue weighted by molar-refractivity contribution is 7.99. The molecule has 0 aliphatic heterocycles. The molecule has 0 unspecified atom stereocenters. The lowest BCUT2D eigenvalue weighted by molar-refractivity contribution is -0.113. The van der Waals surface area contributed by atoms with Crippen LogP contribution < -0.4 is 5.32 Å². The average Bonchev–Trinajstić information content (AvgIpc) is 3.42. The Morgan fingerprint density at radius 1 is 1.09 bits per heavy atom. The van der Waals surface area contributed by atoms with E-state index in [9.17, 15) is 9.59 Å². The topological polar surface area (TPSA) is 86.1 Å². The second-order valence-electron chi connectivity index (χ2n) is 7.67. The summed E-state index contributed by atoms with van der Waals surface area (Å²) in [5.41, 5.74) is 4.25. The molecule has 2 aromatic carbocycles. The molecular formula is C25H24N4O3S2. The molecule has 0 bridgehead atoms. The van der Waals surface area contributed by atoms with Gasteiger partial charge in [0.2, 0.25) is 5.91 Å². The molecule has 34 heavy (non-hydrogen) atoms. The third kappa shape index (κ3) is 5.37. The Hall–Kier alpha value is -3.43. The first kappa shape index (κ1) is 23.7. The van der Waals surface area contributed by atoms with E-state index in [4.69, 9.17) is 4.74 Å². The van der Waals surface area contributed by atoms with Crippen molar-refractivity contribution in [2.75, 3.05) is 18.2 Å². The van der Waals surface area contributed by atoms with E-state index in [2.05, 4.69) is 15.5 Å². The van der Waals surface area contributed by atoms with E-state index in [1.165, 1.54) is 30.2 Å². The van der Waals surface area contributed by atoms with Crippen LogP contribution in [0.2, 0.25) is 0 Å². The maximum atomic E-state index is 12.7. The average molecular weight is 493 g/mol. The Kier molecular flexibility index (Phi) is 7.44. The molecule has 9 heteroatoms. The minimum Gasteiger partial charge on any atom is -0.465 e. The van der Waals surface area contributed by atoms with Crippen LogP contribution in [-0.2, 0) is 23.0 Å². The Morgan fingerprint density at radius 2 is 1.82 bits per heavy atom. The number of aromatic nitrogens is 3. The van der Waals surface area contributed by atoms with Crippen molar-refractivity contribution in [3.05, 3.63) is 82.5 Å². The number of carbonyl (C=O) groups excluding carboxylic acids is 2. The van der Waals surface area contributed by atoms with Crippen LogP contribution >= 0.6 is 23.1 Å². The van der Waals surface area contributed by atoms with E-state index in [0.29, 0.717) is 22.1 Å². The predicted molar refractivity (Wildman–Crippen MR) is 135 cm³/mol. The standard InChI is InChI=1S/C25H24N4O3S2/c1-16-9-11-18(12-10-16)19-14-33-23(22(19)24(31)32-3)26-21(30)15-34-25-28-27-20(29(25)2)13-17-7-5-4-6-8-17/h4-12,14H,13,15H2,1-3H3,(H,26,30). The maximum absolute atomic E-state index is 12.7. The first-order valence-electron chi connectivity index (χ1n) is 10.6. The van der Waals surface area contributed by atoms with Gasteiger partial charge in [-0.3, -0.25) is 4.79 Å². The molecule has 7 nitrogen and oxygen atoms in total. The van der Waals surface area contributed by atoms with Crippen molar-refractivity contribution in [2.24, 2.45) is 7.05 Å². The number of amides is 1. The zero-order chi connectivity index (χ0) is 24.1. The minimum absolute atomic E-state index is 0.135. The van der Waals surface area contributed by atoms with Crippen molar-refractivity contribution in [2.45, 2.75) is 18.5 Å². The number of thioether (sulfide) groups is 1. The molecule has 2 heterocycles. The monoisotopic (exact) mass is 492 g/mol. The van der Waals surface area contributed by atoms with Crippen molar-refractivity contribution in [3.63, 3.8) is 0 Å². The van der Waals surface area contributed by atoms with Gasteiger partial charge < -0.3 is 14.6 Å². The molecule has 0 atom stereocenters. The van der Waals surface area contributed by atoms with E-state index in [1.54, 1.807) is 0 Å². The van der Waals surface area contributed by atoms with Crippen molar-refractivity contribution < 1.29 is 14.3 Å². The number of anilines is 1. The number of rotatable bonds is 8. The zero-order valence-corrected chi connectivity index (χ0v) is 20.7. The van der Waals surface area contributed by atoms with Crippen LogP contribution in [0.5, 0.6) is 0 Å². The molecule has 4 aromatic rings. The summed E-state index contributed by atoms with van der Waals surface area (Å²) in [6, 6.07) is 17.9. The first-order chi connectivity index (χ1) is 16.5. The Balaban J connectivity index is 1.44. The fraction of sp³-hybridized carbons (Fsp3) is 0.200.